The first-order valence-electron chi connectivity index (χ1n) is 7.72. The highest BCUT2D eigenvalue weighted by Gasteiger charge is 2.27. The number of benzene rings is 1. The van der Waals surface area contributed by atoms with Gasteiger partial charge in [0, 0.05) is 25.7 Å². The molecule has 1 heterocycles. The van der Waals surface area contributed by atoms with Crippen LogP contribution in [0.3, 0.4) is 0 Å². The molecule has 0 saturated carbocycles. The fourth-order valence-electron chi connectivity index (χ4n) is 2.93. The number of nitrogens with zero attached hydrogens (tertiary/aromatic N) is 1. The van der Waals surface area contributed by atoms with Crippen LogP contribution in [0.25, 0.3) is 0 Å². The fraction of sp³-hybridized carbons (Fsp3) is 0.647. The van der Waals surface area contributed by atoms with Crippen molar-refractivity contribution >= 4 is 0 Å². The molecule has 1 aliphatic rings. The SMILES string of the molecule is CCOC1CCN(C(C)C(O)c2ccc(C)cc2)CC1. The van der Waals surface area contributed by atoms with Crippen molar-refractivity contribution in [3.8, 4) is 0 Å². The van der Waals surface area contributed by atoms with Crippen molar-refractivity contribution in [3.63, 3.8) is 0 Å². The van der Waals surface area contributed by atoms with Crippen LogP contribution in [0.1, 0.15) is 43.9 Å². The summed E-state index contributed by atoms with van der Waals surface area (Å²) >= 11 is 0. The van der Waals surface area contributed by atoms with Gasteiger partial charge in [-0.15, -0.1) is 0 Å². The number of hydrogen-bond acceptors (Lipinski definition) is 3. The zero-order chi connectivity index (χ0) is 14.5. The van der Waals surface area contributed by atoms with Gasteiger partial charge in [0.15, 0.2) is 0 Å². The molecular formula is C17H27NO2. The van der Waals surface area contributed by atoms with Crippen LogP contribution in [0.4, 0.5) is 0 Å². The number of aliphatic hydroxyl groups is 1. The predicted molar refractivity (Wildman–Crippen MR) is 81.8 cm³/mol. The van der Waals surface area contributed by atoms with E-state index < -0.39 is 6.10 Å². The van der Waals surface area contributed by atoms with Gasteiger partial charge < -0.3 is 9.84 Å². The first-order chi connectivity index (χ1) is 9.61. The average molecular weight is 277 g/mol. The monoisotopic (exact) mass is 277 g/mol. The largest absolute Gasteiger partial charge is 0.387 e. The Morgan fingerprint density at radius 2 is 1.85 bits per heavy atom. The molecule has 0 aromatic heterocycles. The van der Waals surface area contributed by atoms with E-state index >= 15 is 0 Å². The van der Waals surface area contributed by atoms with Crippen LogP contribution in [0.2, 0.25) is 0 Å². The molecule has 2 atom stereocenters. The van der Waals surface area contributed by atoms with Crippen molar-refractivity contribution in [3.05, 3.63) is 35.4 Å². The number of piperidine rings is 1. The third kappa shape index (κ3) is 3.81. The van der Waals surface area contributed by atoms with E-state index in [-0.39, 0.29) is 6.04 Å². The lowest BCUT2D eigenvalue weighted by atomic mass is 9.98. The Hall–Kier alpha value is -0.900. The Labute approximate surface area is 122 Å². The molecule has 1 N–H and O–H groups in total. The molecule has 1 aliphatic heterocycles. The van der Waals surface area contributed by atoms with Crippen LogP contribution < -0.4 is 0 Å². The van der Waals surface area contributed by atoms with Crippen molar-refractivity contribution in [2.75, 3.05) is 19.7 Å². The Morgan fingerprint density at radius 3 is 2.40 bits per heavy atom. The first kappa shape index (κ1) is 15.5. The topological polar surface area (TPSA) is 32.7 Å². The fourth-order valence-corrected chi connectivity index (χ4v) is 2.93. The standard InChI is InChI=1S/C17H27NO2/c1-4-20-16-9-11-18(12-10-16)14(3)17(19)15-7-5-13(2)6-8-15/h5-8,14,16-17,19H,4,9-12H2,1-3H3. The van der Waals surface area contributed by atoms with E-state index in [1.54, 1.807) is 0 Å². The van der Waals surface area contributed by atoms with Gasteiger partial charge in [0.1, 0.15) is 0 Å². The van der Waals surface area contributed by atoms with E-state index in [1.165, 1.54) is 5.56 Å². The number of hydrogen-bond donors (Lipinski definition) is 1. The van der Waals surface area contributed by atoms with E-state index in [0.29, 0.717) is 6.10 Å². The maximum Gasteiger partial charge on any atom is 0.0942 e. The summed E-state index contributed by atoms with van der Waals surface area (Å²) in [6, 6.07) is 8.34. The second-order valence-corrected chi connectivity index (χ2v) is 5.79. The zero-order valence-corrected chi connectivity index (χ0v) is 12.9. The summed E-state index contributed by atoms with van der Waals surface area (Å²) < 4.78 is 5.68. The van der Waals surface area contributed by atoms with Crippen molar-refractivity contribution in [2.45, 2.75) is 51.9 Å². The zero-order valence-electron chi connectivity index (χ0n) is 12.9. The summed E-state index contributed by atoms with van der Waals surface area (Å²) in [5.41, 5.74) is 2.24. The van der Waals surface area contributed by atoms with Crippen LogP contribution in [0.15, 0.2) is 24.3 Å². The molecule has 112 valence electrons. The molecule has 1 aromatic carbocycles. The molecule has 0 amide bonds. The number of likely N-dealkylation sites (tertiary alicyclic amines) is 1. The molecule has 0 bridgehead atoms. The summed E-state index contributed by atoms with van der Waals surface area (Å²) in [5, 5.41) is 10.5. The van der Waals surface area contributed by atoms with Gasteiger partial charge in [0.05, 0.1) is 12.2 Å². The maximum absolute atomic E-state index is 10.5. The van der Waals surface area contributed by atoms with Crippen LogP contribution in [-0.4, -0.2) is 41.8 Å². The summed E-state index contributed by atoms with van der Waals surface area (Å²) in [7, 11) is 0. The molecule has 2 rings (SSSR count). The number of rotatable bonds is 5. The van der Waals surface area contributed by atoms with Crippen molar-refractivity contribution in [2.24, 2.45) is 0 Å². The highest BCUT2D eigenvalue weighted by atomic mass is 16.5. The molecule has 0 radical (unpaired) electrons. The third-order valence-corrected chi connectivity index (χ3v) is 4.33. The first-order valence-corrected chi connectivity index (χ1v) is 7.72. The molecule has 3 nitrogen and oxygen atoms in total. The second kappa shape index (κ2) is 7.21. The minimum Gasteiger partial charge on any atom is -0.387 e. The van der Waals surface area contributed by atoms with Gasteiger partial charge in [-0.25, -0.2) is 0 Å². The van der Waals surface area contributed by atoms with Gasteiger partial charge in [-0.2, -0.15) is 0 Å². The molecule has 1 aromatic rings. The second-order valence-electron chi connectivity index (χ2n) is 5.79. The van der Waals surface area contributed by atoms with Gasteiger partial charge in [-0.1, -0.05) is 29.8 Å². The Balaban J connectivity index is 1.91. The minimum atomic E-state index is -0.417. The highest BCUT2D eigenvalue weighted by Crippen LogP contribution is 2.24. The van der Waals surface area contributed by atoms with Crippen molar-refractivity contribution in [1.29, 1.82) is 0 Å². The van der Waals surface area contributed by atoms with Crippen LogP contribution >= 0.6 is 0 Å². The van der Waals surface area contributed by atoms with Crippen LogP contribution in [0, 0.1) is 6.92 Å². The number of aryl methyl sites for hydroxylation is 1. The third-order valence-electron chi connectivity index (χ3n) is 4.33. The molecular weight excluding hydrogens is 250 g/mol. The molecule has 0 spiro atoms. The molecule has 3 heteroatoms. The summed E-state index contributed by atoms with van der Waals surface area (Å²) in [5.74, 6) is 0. The molecule has 20 heavy (non-hydrogen) atoms. The van der Waals surface area contributed by atoms with Gasteiger partial charge in [-0.3, -0.25) is 4.90 Å². The van der Waals surface area contributed by atoms with Crippen LogP contribution in [0.5, 0.6) is 0 Å². The lowest BCUT2D eigenvalue weighted by molar-refractivity contribution is -0.0163. The molecule has 1 fully saturated rings. The van der Waals surface area contributed by atoms with Gasteiger partial charge in [0.25, 0.3) is 0 Å². The maximum atomic E-state index is 10.5. The average Bonchev–Trinajstić information content (AvgIpc) is 2.48. The summed E-state index contributed by atoms with van der Waals surface area (Å²) in [4.78, 5) is 2.38. The predicted octanol–water partition coefficient (Wildman–Crippen LogP) is 2.92. The minimum absolute atomic E-state index is 0.153. The van der Waals surface area contributed by atoms with E-state index in [1.807, 2.05) is 12.1 Å². The van der Waals surface area contributed by atoms with Gasteiger partial charge in [-0.05, 0) is 39.2 Å². The lowest BCUT2D eigenvalue weighted by Gasteiger charge is -2.37. The van der Waals surface area contributed by atoms with E-state index in [2.05, 4.69) is 37.8 Å². The van der Waals surface area contributed by atoms with E-state index in [0.717, 1.165) is 38.1 Å². The summed E-state index contributed by atoms with van der Waals surface area (Å²) in [6.45, 7) is 9.05. The highest BCUT2D eigenvalue weighted by molar-refractivity contribution is 5.24. The van der Waals surface area contributed by atoms with Crippen LogP contribution in [-0.2, 0) is 4.74 Å². The van der Waals surface area contributed by atoms with Crippen molar-refractivity contribution in [1.82, 2.24) is 4.90 Å². The van der Waals surface area contributed by atoms with Gasteiger partial charge in [0.2, 0.25) is 0 Å². The van der Waals surface area contributed by atoms with E-state index in [9.17, 15) is 5.11 Å². The number of ether oxygens (including phenoxy) is 1. The van der Waals surface area contributed by atoms with Crippen molar-refractivity contribution < 1.29 is 9.84 Å². The Morgan fingerprint density at radius 1 is 1.25 bits per heavy atom. The van der Waals surface area contributed by atoms with Gasteiger partial charge >= 0.3 is 0 Å². The van der Waals surface area contributed by atoms with E-state index in [4.69, 9.17) is 4.74 Å². The Bertz CT molecular complexity index is 396. The molecule has 0 aliphatic carbocycles. The Kier molecular flexibility index (Phi) is 5.58. The number of aliphatic hydroxyl groups excluding tert-OH is 1. The summed E-state index contributed by atoms with van der Waals surface area (Å²) in [6.07, 6.45) is 2.12. The molecule has 2 unspecified atom stereocenters. The lowest BCUT2D eigenvalue weighted by Crippen LogP contribution is -2.44. The normalized spacial score (nSPS) is 20.8. The smallest absolute Gasteiger partial charge is 0.0942 e. The molecule has 1 saturated heterocycles. The quantitative estimate of drug-likeness (QED) is 0.898.